The molecule has 0 fully saturated rings. The largest absolute Gasteiger partial charge is 0.457 e. The Morgan fingerprint density at radius 1 is 0.882 bits per heavy atom. The lowest BCUT2D eigenvalue weighted by Crippen LogP contribution is -1.89. The summed E-state index contributed by atoms with van der Waals surface area (Å²) in [5, 5.41) is 0. The fourth-order valence-electron chi connectivity index (χ4n) is 1.46. The second kappa shape index (κ2) is 6.06. The van der Waals surface area contributed by atoms with Crippen molar-refractivity contribution >= 4 is 0 Å². The van der Waals surface area contributed by atoms with Gasteiger partial charge in [-0.05, 0) is 36.8 Å². The third-order valence-corrected chi connectivity index (χ3v) is 2.32. The van der Waals surface area contributed by atoms with E-state index in [4.69, 9.17) is 9.47 Å². The van der Waals surface area contributed by atoms with E-state index in [1.54, 1.807) is 6.61 Å². The Bertz CT molecular complexity index is 434. The zero-order chi connectivity index (χ0) is 11.9. The van der Waals surface area contributed by atoms with Gasteiger partial charge < -0.3 is 9.47 Å². The molecule has 0 bridgehead atoms. The summed E-state index contributed by atoms with van der Waals surface area (Å²) >= 11 is 0. The molecular weight excluding hydrogens is 212 g/mol. The maximum Gasteiger partial charge on any atom is 0.127 e. The summed E-state index contributed by atoms with van der Waals surface area (Å²) < 4.78 is 10.9. The first-order valence-electron chi connectivity index (χ1n) is 5.60. The van der Waals surface area contributed by atoms with Gasteiger partial charge in [-0.2, -0.15) is 0 Å². The topological polar surface area (TPSA) is 18.5 Å². The smallest absolute Gasteiger partial charge is 0.127 e. The molecule has 2 aromatic rings. The molecule has 0 aliphatic rings. The van der Waals surface area contributed by atoms with Gasteiger partial charge in [0.1, 0.15) is 11.5 Å². The van der Waals surface area contributed by atoms with Crippen molar-refractivity contribution in [3.8, 4) is 11.5 Å². The van der Waals surface area contributed by atoms with E-state index in [0.29, 0.717) is 6.61 Å². The van der Waals surface area contributed by atoms with Crippen molar-refractivity contribution in [2.75, 3.05) is 0 Å². The van der Waals surface area contributed by atoms with Crippen molar-refractivity contribution in [1.82, 2.24) is 0 Å². The number of hydrogen-bond donors (Lipinski definition) is 0. The molecule has 0 N–H and O–H groups in total. The first-order chi connectivity index (χ1) is 8.38. The van der Waals surface area contributed by atoms with Crippen LogP contribution >= 0.6 is 0 Å². The lowest BCUT2D eigenvalue weighted by atomic mass is 10.2. The SMILES string of the molecule is C[CH]OCc1ccc(Oc2ccccc2)cc1. The first-order valence-corrected chi connectivity index (χ1v) is 5.60. The van der Waals surface area contributed by atoms with Crippen LogP contribution in [0.1, 0.15) is 12.5 Å². The third-order valence-electron chi connectivity index (χ3n) is 2.32. The van der Waals surface area contributed by atoms with Crippen molar-refractivity contribution in [2.45, 2.75) is 13.5 Å². The first kappa shape index (κ1) is 11.7. The molecule has 0 aliphatic heterocycles. The quantitative estimate of drug-likeness (QED) is 0.763. The van der Waals surface area contributed by atoms with Gasteiger partial charge in [0.15, 0.2) is 0 Å². The van der Waals surface area contributed by atoms with E-state index in [0.717, 1.165) is 17.1 Å². The van der Waals surface area contributed by atoms with Crippen LogP contribution in [0.5, 0.6) is 11.5 Å². The van der Waals surface area contributed by atoms with Crippen molar-refractivity contribution < 1.29 is 9.47 Å². The number of benzene rings is 2. The molecule has 17 heavy (non-hydrogen) atoms. The lowest BCUT2D eigenvalue weighted by Gasteiger charge is -2.06. The Balaban J connectivity index is 1.98. The Morgan fingerprint density at radius 3 is 2.18 bits per heavy atom. The van der Waals surface area contributed by atoms with Crippen molar-refractivity contribution in [1.29, 1.82) is 0 Å². The second-order valence-electron chi connectivity index (χ2n) is 3.61. The Hall–Kier alpha value is -1.80. The van der Waals surface area contributed by atoms with Crippen LogP contribution in [0.3, 0.4) is 0 Å². The molecule has 0 aromatic heterocycles. The van der Waals surface area contributed by atoms with Crippen LogP contribution in [0, 0.1) is 6.61 Å². The average Bonchev–Trinajstić information content (AvgIpc) is 2.39. The molecule has 0 saturated heterocycles. The highest BCUT2D eigenvalue weighted by molar-refractivity contribution is 5.32. The van der Waals surface area contributed by atoms with Crippen molar-refractivity contribution in [2.24, 2.45) is 0 Å². The summed E-state index contributed by atoms with van der Waals surface area (Å²) in [7, 11) is 0. The van der Waals surface area contributed by atoms with E-state index in [2.05, 4.69) is 0 Å². The Kier molecular flexibility index (Phi) is 4.17. The summed E-state index contributed by atoms with van der Waals surface area (Å²) in [6.07, 6.45) is 0. The van der Waals surface area contributed by atoms with Gasteiger partial charge in [-0.3, -0.25) is 0 Å². The molecule has 0 heterocycles. The van der Waals surface area contributed by atoms with Gasteiger partial charge in [-0.1, -0.05) is 30.3 Å². The van der Waals surface area contributed by atoms with Gasteiger partial charge in [0.2, 0.25) is 0 Å². The van der Waals surface area contributed by atoms with Gasteiger partial charge in [-0.25, -0.2) is 0 Å². The van der Waals surface area contributed by atoms with Crippen molar-refractivity contribution in [3.05, 3.63) is 66.8 Å². The summed E-state index contributed by atoms with van der Waals surface area (Å²) in [5.74, 6) is 1.68. The van der Waals surface area contributed by atoms with E-state index in [-0.39, 0.29) is 0 Å². The van der Waals surface area contributed by atoms with Gasteiger partial charge in [-0.15, -0.1) is 0 Å². The molecule has 0 saturated carbocycles. The minimum Gasteiger partial charge on any atom is -0.457 e. The molecule has 0 spiro atoms. The van der Waals surface area contributed by atoms with Crippen LogP contribution in [0.25, 0.3) is 0 Å². The van der Waals surface area contributed by atoms with Crippen LogP contribution in [-0.4, -0.2) is 0 Å². The molecule has 0 amide bonds. The molecule has 87 valence electrons. The number of rotatable bonds is 5. The van der Waals surface area contributed by atoms with Crippen molar-refractivity contribution in [3.63, 3.8) is 0 Å². The molecule has 2 nitrogen and oxygen atoms in total. The van der Waals surface area contributed by atoms with E-state index >= 15 is 0 Å². The zero-order valence-electron chi connectivity index (χ0n) is 9.80. The molecule has 0 unspecified atom stereocenters. The van der Waals surface area contributed by atoms with E-state index in [1.807, 2.05) is 61.5 Å². The van der Waals surface area contributed by atoms with Gasteiger partial charge in [0.05, 0.1) is 13.2 Å². The summed E-state index contributed by atoms with van der Waals surface area (Å²) in [4.78, 5) is 0. The standard InChI is InChI=1S/C15H15O2/c1-2-16-12-13-8-10-15(11-9-13)17-14-6-4-3-5-7-14/h2-11H,12H2,1H3. The Morgan fingerprint density at radius 2 is 1.53 bits per heavy atom. The highest BCUT2D eigenvalue weighted by Crippen LogP contribution is 2.21. The number of hydrogen-bond acceptors (Lipinski definition) is 2. The predicted molar refractivity (Wildman–Crippen MR) is 67.7 cm³/mol. The minimum atomic E-state index is 0.599. The van der Waals surface area contributed by atoms with E-state index < -0.39 is 0 Å². The molecular formula is C15H15O2. The fourth-order valence-corrected chi connectivity index (χ4v) is 1.46. The maximum absolute atomic E-state index is 5.69. The lowest BCUT2D eigenvalue weighted by molar-refractivity contribution is 0.191. The monoisotopic (exact) mass is 227 g/mol. The summed E-state index contributed by atoms with van der Waals surface area (Å²) in [6.45, 7) is 4.16. The third kappa shape index (κ3) is 3.61. The predicted octanol–water partition coefficient (Wildman–Crippen LogP) is 4.18. The molecule has 2 rings (SSSR count). The average molecular weight is 227 g/mol. The normalized spacial score (nSPS) is 10.2. The number of para-hydroxylation sites is 1. The highest BCUT2D eigenvalue weighted by atomic mass is 16.5. The van der Waals surface area contributed by atoms with E-state index in [1.165, 1.54) is 0 Å². The molecule has 2 aromatic carbocycles. The van der Waals surface area contributed by atoms with Crippen LogP contribution in [0.4, 0.5) is 0 Å². The van der Waals surface area contributed by atoms with Gasteiger partial charge in [0.25, 0.3) is 0 Å². The van der Waals surface area contributed by atoms with Crippen LogP contribution in [0.2, 0.25) is 0 Å². The van der Waals surface area contributed by atoms with E-state index in [9.17, 15) is 0 Å². The zero-order valence-corrected chi connectivity index (χ0v) is 9.80. The summed E-state index contributed by atoms with van der Waals surface area (Å²) in [6, 6.07) is 17.6. The van der Waals surface area contributed by atoms with Crippen LogP contribution in [0.15, 0.2) is 54.6 Å². The maximum atomic E-state index is 5.69. The Labute approximate surface area is 102 Å². The molecule has 2 heteroatoms. The van der Waals surface area contributed by atoms with Gasteiger partial charge in [0, 0.05) is 0 Å². The molecule has 0 atom stereocenters. The van der Waals surface area contributed by atoms with Crippen LogP contribution in [-0.2, 0) is 11.3 Å². The minimum absolute atomic E-state index is 0.599. The molecule has 0 aliphatic carbocycles. The second-order valence-corrected chi connectivity index (χ2v) is 3.61. The fraction of sp³-hybridized carbons (Fsp3) is 0.133. The van der Waals surface area contributed by atoms with Crippen LogP contribution < -0.4 is 4.74 Å². The molecule has 1 radical (unpaired) electrons. The number of ether oxygens (including phenoxy) is 2. The van der Waals surface area contributed by atoms with Gasteiger partial charge >= 0.3 is 0 Å². The summed E-state index contributed by atoms with van der Waals surface area (Å²) in [5.41, 5.74) is 1.13. The highest BCUT2D eigenvalue weighted by Gasteiger charge is 1.97.